The molecule has 0 rings (SSSR count). The predicted octanol–water partition coefficient (Wildman–Crippen LogP) is 3.33. The van der Waals surface area contributed by atoms with Crippen molar-refractivity contribution in [2.75, 3.05) is 0 Å². The zero-order valence-electron chi connectivity index (χ0n) is 6.48. The van der Waals surface area contributed by atoms with Gasteiger partial charge >= 0.3 is 0 Å². The molecule has 0 aliphatic carbocycles. The van der Waals surface area contributed by atoms with Crippen LogP contribution in [0.5, 0.6) is 0 Å². The van der Waals surface area contributed by atoms with Gasteiger partial charge < -0.3 is 0 Å². The lowest BCUT2D eigenvalue weighted by Crippen LogP contribution is -1.67. The summed E-state index contributed by atoms with van der Waals surface area (Å²) in [4.78, 5) is 0. The van der Waals surface area contributed by atoms with E-state index >= 15 is 0 Å². The van der Waals surface area contributed by atoms with Crippen LogP contribution in [0.25, 0.3) is 0 Å². The minimum absolute atomic E-state index is 1.10. The van der Waals surface area contributed by atoms with Crippen LogP contribution in [0.4, 0.5) is 0 Å². The van der Waals surface area contributed by atoms with Gasteiger partial charge in [0.2, 0.25) is 0 Å². The SMILES string of the molecule is C=C.C=C/C(=C\C)CC. The first kappa shape index (κ1) is 11.1. The zero-order chi connectivity index (χ0) is 7.70. The van der Waals surface area contributed by atoms with Crippen LogP contribution >= 0.6 is 0 Å². The van der Waals surface area contributed by atoms with Gasteiger partial charge in [0.05, 0.1) is 0 Å². The fraction of sp³-hybridized carbons (Fsp3) is 0.333. The lowest BCUT2D eigenvalue weighted by molar-refractivity contribution is 1.14. The molecule has 0 unspecified atom stereocenters. The molecule has 0 aliphatic rings. The summed E-state index contributed by atoms with van der Waals surface area (Å²) >= 11 is 0. The van der Waals surface area contributed by atoms with Crippen molar-refractivity contribution in [3.8, 4) is 0 Å². The van der Waals surface area contributed by atoms with Gasteiger partial charge in [-0.25, -0.2) is 0 Å². The van der Waals surface area contributed by atoms with Gasteiger partial charge in [0.25, 0.3) is 0 Å². The van der Waals surface area contributed by atoms with E-state index in [1.54, 1.807) is 0 Å². The quantitative estimate of drug-likeness (QED) is 0.391. The molecule has 0 fully saturated rings. The number of rotatable bonds is 2. The number of allylic oxidation sites excluding steroid dienone is 3. The Bertz CT molecular complexity index is 88.2. The number of hydrogen-bond acceptors (Lipinski definition) is 0. The van der Waals surface area contributed by atoms with E-state index in [0.29, 0.717) is 0 Å². The second-order valence-electron chi connectivity index (χ2n) is 1.42. The fourth-order valence-corrected chi connectivity index (χ4v) is 0.466. The summed E-state index contributed by atoms with van der Waals surface area (Å²) in [6, 6.07) is 0. The van der Waals surface area contributed by atoms with Crippen molar-refractivity contribution in [2.24, 2.45) is 0 Å². The van der Waals surface area contributed by atoms with Crippen molar-refractivity contribution in [1.29, 1.82) is 0 Å². The molecule has 0 saturated heterocycles. The Morgan fingerprint density at radius 2 is 1.89 bits per heavy atom. The molecule has 0 aromatic heterocycles. The molecule has 0 N–H and O–H groups in total. The molecular formula is C9H16. The largest absolute Gasteiger partial charge is 0.106 e. The Morgan fingerprint density at radius 3 is 1.89 bits per heavy atom. The first-order chi connectivity index (χ1) is 4.35. The molecule has 0 bridgehead atoms. The van der Waals surface area contributed by atoms with Gasteiger partial charge in [0.15, 0.2) is 0 Å². The molecule has 52 valence electrons. The molecule has 9 heavy (non-hydrogen) atoms. The third-order valence-corrected chi connectivity index (χ3v) is 1.04. The third-order valence-electron chi connectivity index (χ3n) is 1.04. The standard InChI is InChI=1S/C7H12.C2H4/c1-4-7(5-2)6-3;1-2/h4-5H,1,6H2,2-3H3;1-2H2/b7-5+;. The highest BCUT2D eigenvalue weighted by molar-refractivity contribution is 5.13. The van der Waals surface area contributed by atoms with E-state index < -0.39 is 0 Å². The van der Waals surface area contributed by atoms with E-state index in [1.807, 2.05) is 13.0 Å². The predicted molar refractivity (Wildman–Crippen MR) is 45.5 cm³/mol. The molecule has 0 heteroatoms. The summed E-state index contributed by atoms with van der Waals surface area (Å²) in [7, 11) is 0. The van der Waals surface area contributed by atoms with Gasteiger partial charge in [-0.1, -0.05) is 31.2 Å². The first-order valence-electron chi connectivity index (χ1n) is 3.12. The summed E-state index contributed by atoms with van der Waals surface area (Å²) in [6.07, 6.45) is 5.06. The molecule has 0 aromatic rings. The van der Waals surface area contributed by atoms with Crippen LogP contribution in [0.15, 0.2) is 37.5 Å². The fourth-order valence-electron chi connectivity index (χ4n) is 0.466. The lowest BCUT2D eigenvalue weighted by Gasteiger charge is -1.88. The highest BCUT2D eigenvalue weighted by Gasteiger charge is 1.77. The van der Waals surface area contributed by atoms with Crippen molar-refractivity contribution in [1.82, 2.24) is 0 Å². The molecular weight excluding hydrogens is 108 g/mol. The van der Waals surface area contributed by atoms with Crippen molar-refractivity contribution < 1.29 is 0 Å². The molecule has 0 aromatic carbocycles. The molecule has 0 heterocycles. The van der Waals surface area contributed by atoms with E-state index in [9.17, 15) is 0 Å². The van der Waals surface area contributed by atoms with Crippen LogP contribution in [0.2, 0.25) is 0 Å². The van der Waals surface area contributed by atoms with Crippen LogP contribution < -0.4 is 0 Å². The summed E-state index contributed by atoms with van der Waals surface area (Å²) in [5.74, 6) is 0. The van der Waals surface area contributed by atoms with E-state index in [-0.39, 0.29) is 0 Å². The third kappa shape index (κ3) is 7.22. The average Bonchev–Trinajstić information content (AvgIpc) is 1.96. The van der Waals surface area contributed by atoms with Gasteiger partial charge in [0, 0.05) is 0 Å². The van der Waals surface area contributed by atoms with Crippen LogP contribution in [0.1, 0.15) is 20.3 Å². The van der Waals surface area contributed by atoms with Crippen LogP contribution in [-0.2, 0) is 0 Å². The zero-order valence-corrected chi connectivity index (χ0v) is 6.48. The number of hydrogen-bond donors (Lipinski definition) is 0. The maximum Gasteiger partial charge on any atom is -0.0311 e. The van der Waals surface area contributed by atoms with Gasteiger partial charge in [0.1, 0.15) is 0 Å². The smallest absolute Gasteiger partial charge is 0.0311 e. The van der Waals surface area contributed by atoms with Crippen molar-refractivity contribution in [3.63, 3.8) is 0 Å². The summed E-state index contributed by atoms with van der Waals surface area (Å²) in [5, 5.41) is 0. The first-order valence-corrected chi connectivity index (χ1v) is 3.12. The molecule has 0 atom stereocenters. The topological polar surface area (TPSA) is 0 Å². The Balaban J connectivity index is 0. The summed E-state index contributed by atoms with van der Waals surface area (Å²) in [5.41, 5.74) is 1.32. The maximum atomic E-state index is 3.63. The maximum absolute atomic E-state index is 3.63. The minimum Gasteiger partial charge on any atom is -0.106 e. The van der Waals surface area contributed by atoms with E-state index in [4.69, 9.17) is 0 Å². The highest BCUT2D eigenvalue weighted by atomic mass is 13.8. The van der Waals surface area contributed by atoms with Gasteiger partial charge in [-0.15, -0.1) is 13.2 Å². The van der Waals surface area contributed by atoms with Crippen LogP contribution in [0, 0.1) is 0 Å². The Kier molecular flexibility index (Phi) is 12.6. The summed E-state index contributed by atoms with van der Waals surface area (Å²) < 4.78 is 0. The van der Waals surface area contributed by atoms with Gasteiger partial charge in [-0.05, 0) is 13.3 Å². The lowest BCUT2D eigenvalue weighted by atomic mass is 10.2. The minimum atomic E-state index is 1.10. The Hall–Kier alpha value is -0.780. The molecule has 0 spiro atoms. The van der Waals surface area contributed by atoms with E-state index in [2.05, 4.69) is 32.7 Å². The van der Waals surface area contributed by atoms with Crippen molar-refractivity contribution >= 4 is 0 Å². The normalized spacial score (nSPS) is 9.33. The molecule has 0 amide bonds. The molecule has 0 nitrogen and oxygen atoms in total. The summed E-state index contributed by atoms with van der Waals surface area (Å²) in [6.45, 7) is 13.8. The van der Waals surface area contributed by atoms with Crippen LogP contribution in [-0.4, -0.2) is 0 Å². The van der Waals surface area contributed by atoms with Crippen molar-refractivity contribution in [3.05, 3.63) is 37.5 Å². The molecule has 0 radical (unpaired) electrons. The average molecular weight is 124 g/mol. The van der Waals surface area contributed by atoms with Gasteiger partial charge in [-0.2, -0.15) is 0 Å². The van der Waals surface area contributed by atoms with Gasteiger partial charge in [-0.3, -0.25) is 0 Å². The monoisotopic (exact) mass is 124 g/mol. The molecule has 0 aliphatic heterocycles. The Morgan fingerprint density at radius 1 is 1.44 bits per heavy atom. The second kappa shape index (κ2) is 10.3. The highest BCUT2D eigenvalue weighted by Crippen LogP contribution is 1.98. The van der Waals surface area contributed by atoms with Crippen LogP contribution in [0.3, 0.4) is 0 Å². The van der Waals surface area contributed by atoms with E-state index in [0.717, 1.165) is 6.42 Å². The van der Waals surface area contributed by atoms with E-state index in [1.165, 1.54) is 5.57 Å². The second-order valence-corrected chi connectivity index (χ2v) is 1.42. The van der Waals surface area contributed by atoms with Crippen molar-refractivity contribution in [2.45, 2.75) is 20.3 Å². The Labute approximate surface area is 58.6 Å². The molecule has 0 saturated carbocycles.